The molecule has 1 amide bonds. The third kappa shape index (κ3) is 4.64. The van der Waals surface area contributed by atoms with E-state index in [2.05, 4.69) is 5.32 Å². The predicted molar refractivity (Wildman–Crippen MR) is 106 cm³/mol. The van der Waals surface area contributed by atoms with Gasteiger partial charge in [0.15, 0.2) is 0 Å². The maximum Gasteiger partial charge on any atom is 0.251 e. The van der Waals surface area contributed by atoms with E-state index in [1.165, 1.54) is 34.6 Å². The molecule has 8 heteroatoms. The first-order chi connectivity index (χ1) is 13.7. The van der Waals surface area contributed by atoms with Crippen molar-refractivity contribution in [2.75, 3.05) is 6.54 Å². The minimum Gasteiger partial charge on any atom is -0.345 e. The molecule has 2 atom stereocenters. The van der Waals surface area contributed by atoms with Crippen LogP contribution in [-0.4, -0.2) is 31.2 Å². The van der Waals surface area contributed by atoms with Crippen LogP contribution in [0, 0.1) is 11.6 Å². The number of nitrogens with one attached hydrogen (secondary N) is 1. The van der Waals surface area contributed by atoms with Crippen LogP contribution in [0.25, 0.3) is 0 Å². The van der Waals surface area contributed by atoms with Gasteiger partial charge >= 0.3 is 0 Å². The second-order valence-corrected chi connectivity index (χ2v) is 9.24. The zero-order valence-electron chi connectivity index (χ0n) is 16.4. The number of nitrogens with zero attached hydrogens (tertiary/aromatic N) is 1. The Balaban J connectivity index is 1.73. The quantitative estimate of drug-likeness (QED) is 0.792. The first-order valence-corrected chi connectivity index (χ1v) is 11.0. The molecule has 2 aromatic carbocycles. The average molecular weight is 422 g/mol. The fourth-order valence-corrected chi connectivity index (χ4v) is 5.25. The van der Waals surface area contributed by atoms with E-state index in [0.717, 1.165) is 31.4 Å². The molecule has 2 aromatic rings. The molecule has 0 unspecified atom stereocenters. The molecule has 0 aromatic heterocycles. The molecular formula is C21H24F2N2O3S. The maximum atomic E-state index is 13.9. The van der Waals surface area contributed by atoms with Crippen molar-refractivity contribution in [1.82, 2.24) is 9.62 Å². The first-order valence-electron chi connectivity index (χ1n) is 9.58. The fourth-order valence-electron chi connectivity index (χ4n) is 3.55. The van der Waals surface area contributed by atoms with Crippen LogP contribution in [0.2, 0.25) is 0 Å². The Hall–Kier alpha value is -2.32. The maximum absolute atomic E-state index is 13.9. The molecule has 29 heavy (non-hydrogen) atoms. The number of hydrogen-bond acceptors (Lipinski definition) is 3. The van der Waals surface area contributed by atoms with E-state index in [1.807, 2.05) is 6.92 Å². The topological polar surface area (TPSA) is 66.5 Å². The summed E-state index contributed by atoms with van der Waals surface area (Å²) in [6.45, 7) is 3.98. The summed E-state index contributed by atoms with van der Waals surface area (Å²) in [6.07, 6.45) is 2.68. The Kier molecular flexibility index (Phi) is 6.33. The summed E-state index contributed by atoms with van der Waals surface area (Å²) >= 11 is 0. The largest absolute Gasteiger partial charge is 0.345 e. The minimum absolute atomic E-state index is 0.0526. The second-order valence-electron chi connectivity index (χ2n) is 7.35. The molecule has 1 aliphatic rings. The summed E-state index contributed by atoms with van der Waals surface area (Å²) < 4.78 is 54.2. The van der Waals surface area contributed by atoms with Gasteiger partial charge in [0.1, 0.15) is 11.6 Å². The minimum atomic E-state index is -3.61. The van der Waals surface area contributed by atoms with E-state index in [0.29, 0.717) is 6.54 Å². The van der Waals surface area contributed by atoms with Crippen LogP contribution in [0.3, 0.4) is 0 Å². The molecule has 1 N–H and O–H groups in total. The number of hydrogen-bond donors (Lipinski definition) is 1. The van der Waals surface area contributed by atoms with E-state index >= 15 is 0 Å². The third-order valence-electron chi connectivity index (χ3n) is 5.24. The summed E-state index contributed by atoms with van der Waals surface area (Å²) in [6, 6.07) is 8.13. The number of carbonyl (C=O) groups is 1. The van der Waals surface area contributed by atoms with Gasteiger partial charge in [-0.3, -0.25) is 4.79 Å². The molecular weight excluding hydrogens is 398 g/mol. The summed E-state index contributed by atoms with van der Waals surface area (Å²) in [5.74, 6) is -1.91. The van der Waals surface area contributed by atoms with Gasteiger partial charge in [-0.05, 0) is 57.0 Å². The second kappa shape index (κ2) is 8.59. The van der Waals surface area contributed by atoms with E-state index in [1.54, 1.807) is 6.92 Å². The number of piperidine rings is 1. The number of sulfonamides is 1. The summed E-state index contributed by atoms with van der Waals surface area (Å²) in [4.78, 5) is 12.6. The molecule has 1 heterocycles. The molecule has 0 saturated carbocycles. The van der Waals surface area contributed by atoms with Crippen LogP contribution in [0.4, 0.5) is 8.78 Å². The molecule has 0 spiro atoms. The lowest BCUT2D eigenvalue weighted by atomic mass is 10.1. The highest BCUT2D eigenvalue weighted by molar-refractivity contribution is 7.89. The highest BCUT2D eigenvalue weighted by atomic mass is 32.2. The van der Waals surface area contributed by atoms with Crippen molar-refractivity contribution in [3.05, 3.63) is 65.2 Å². The number of amides is 1. The van der Waals surface area contributed by atoms with Crippen molar-refractivity contribution >= 4 is 15.9 Å². The lowest BCUT2D eigenvalue weighted by Crippen LogP contribution is -2.41. The van der Waals surface area contributed by atoms with Crippen molar-refractivity contribution in [3.63, 3.8) is 0 Å². The van der Waals surface area contributed by atoms with Gasteiger partial charge in [-0.25, -0.2) is 17.2 Å². The molecule has 156 valence electrons. The van der Waals surface area contributed by atoms with E-state index in [9.17, 15) is 22.0 Å². The van der Waals surface area contributed by atoms with Gasteiger partial charge < -0.3 is 5.32 Å². The van der Waals surface area contributed by atoms with Crippen LogP contribution < -0.4 is 5.32 Å². The van der Waals surface area contributed by atoms with Gasteiger partial charge in [0, 0.05) is 29.8 Å². The highest BCUT2D eigenvalue weighted by Crippen LogP contribution is 2.25. The van der Waals surface area contributed by atoms with Gasteiger partial charge in [-0.2, -0.15) is 4.31 Å². The molecule has 0 bridgehead atoms. The lowest BCUT2D eigenvalue weighted by Gasteiger charge is -2.32. The SMILES string of the molecule is C[C@H](NC(=O)c1ccc(S(=O)(=O)N2CCCC[C@@H]2C)cc1)c1ccc(F)cc1F. The van der Waals surface area contributed by atoms with Gasteiger partial charge in [0.25, 0.3) is 5.91 Å². The molecule has 5 nitrogen and oxygen atoms in total. The van der Waals surface area contributed by atoms with Gasteiger partial charge in [0.2, 0.25) is 10.0 Å². The normalized spacial score (nSPS) is 19.0. The standard InChI is InChI=1S/C21H24F2N2O3S/c1-14-5-3-4-12-25(14)29(27,28)18-9-6-16(7-10-18)21(26)24-15(2)19-11-8-17(22)13-20(19)23/h6-11,13-15H,3-5,12H2,1-2H3,(H,24,26)/t14-,15-/m0/s1. The zero-order valence-corrected chi connectivity index (χ0v) is 17.2. The van der Waals surface area contributed by atoms with Crippen LogP contribution in [-0.2, 0) is 10.0 Å². The van der Waals surface area contributed by atoms with Crippen molar-refractivity contribution in [1.29, 1.82) is 0 Å². The molecule has 0 aliphatic carbocycles. The third-order valence-corrected chi connectivity index (χ3v) is 7.27. The Morgan fingerprint density at radius 2 is 1.83 bits per heavy atom. The summed E-state index contributed by atoms with van der Waals surface area (Å²) in [5.41, 5.74) is 0.419. The van der Waals surface area contributed by atoms with Crippen molar-refractivity contribution < 1.29 is 22.0 Å². The molecule has 0 radical (unpaired) electrons. The fraction of sp³-hybridized carbons (Fsp3) is 0.381. The Morgan fingerprint density at radius 1 is 1.14 bits per heavy atom. The van der Waals surface area contributed by atoms with Crippen LogP contribution in [0.1, 0.15) is 55.1 Å². The average Bonchev–Trinajstić information content (AvgIpc) is 2.68. The number of carbonyl (C=O) groups excluding carboxylic acids is 1. The number of rotatable bonds is 5. The Labute approximate surface area is 169 Å². The number of halogens is 2. The van der Waals surface area contributed by atoms with Gasteiger partial charge in [-0.1, -0.05) is 12.5 Å². The van der Waals surface area contributed by atoms with E-state index < -0.39 is 33.6 Å². The highest BCUT2D eigenvalue weighted by Gasteiger charge is 2.31. The van der Waals surface area contributed by atoms with Crippen molar-refractivity contribution in [3.8, 4) is 0 Å². The summed E-state index contributed by atoms with van der Waals surface area (Å²) in [7, 11) is -3.61. The Bertz CT molecular complexity index is 993. The first kappa shape index (κ1) is 21.4. The van der Waals surface area contributed by atoms with Gasteiger partial charge in [-0.15, -0.1) is 0 Å². The molecule has 1 saturated heterocycles. The van der Waals surface area contributed by atoms with Crippen molar-refractivity contribution in [2.24, 2.45) is 0 Å². The predicted octanol–water partition coefficient (Wildman–Crippen LogP) is 4.02. The van der Waals surface area contributed by atoms with Crippen LogP contribution in [0.15, 0.2) is 47.4 Å². The zero-order chi connectivity index (χ0) is 21.2. The monoisotopic (exact) mass is 422 g/mol. The van der Waals surface area contributed by atoms with Crippen molar-refractivity contribution in [2.45, 2.75) is 50.1 Å². The number of benzene rings is 2. The van der Waals surface area contributed by atoms with Crippen LogP contribution >= 0.6 is 0 Å². The summed E-state index contributed by atoms with van der Waals surface area (Å²) in [5, 5.41) is 2.64. The molecule has 3 rings (SSSR count). The Morgan fingerprint density at radius 3 is 2.45 bits per heavy atom. The molecule has 1 fully saturated rings. The smallest absolute Gasteiger partial charge is 0.251 e. The molecule has 1 aliphatic heterocycles. The van der Waals surface area contributed by atoms with Crippen LogP contribution in [0.5, 0.6) is 0 Å². The van der Waals surface area contributed by atoms with E-state index in [-0.39, 0.29) is 22.1 Å². The lowest BCUT2D eigenvalue weighted by molar-refractivity contribution is 0.0939. The van der Waals surface area contributed by atoms with Gasteiger partial charge in [0.05, 0.1) is 10.9 Å². The van der Waals surface area contributed by atoms with E-state index in [4.69, 9.17) is 0 Å².